The van der Waals surface area contributed by atoms with E-state index in [4.69, 9.17) is 32.7 Å². The van der Waals surface area contributed by atoms with Crippen LogP contribution in [0, 0.1) is 0 Å². The van der Waals surface area contributed by atoms with Crippen molar-refractivity contribution in [3.63, 3.8) is 0 Å². The molecular weight excluding hydrogens is 599 g/mol. The van der Waals surface area contributed by atoms with Gasteiger partial charge in [-0.05, 0) is 94.8 Å². The summed E-state index contributed by atoms with van der Waals surface area (Å²) in [4.78, 5) is 31.3. The van der Waals surface area contributed by atoms with Crippen molar-refractivity contribution in [2.75, 3.05) is 13.7 Å². The van der Waals surface area contributed by atoms with Gasteiger partial charge in [-0.1, -0.05) is 35.3 Å². The van der Waals surface area contributed by atoms with Gasteiger partial charge >= 0.3 is 5.97 Å². The van der Waals surface area contributed by atoms with Crippen LogP contribution >= 0.6 is 50.9 Å². The van der Waals surface area contributed by atoms with E-state index in [1.54, 1.807) is 56.4 Å². The van der Waals surface area contributed by atoms with E-state index in [2.05, 4.69) is 20.9 Å². The number of benzene rings is 3. The minimum Gasteiger partial charge on any atom is -0.488 e. The Morgan fingerprint density at radius 2 is 1.86 bits per heavy atom. The SMILES string of the molecule is CCOC(=O)c1ccc(N=C2SC(=Cc3ccc(OCc4ccc(Cl)cc4Cl)c(Br)c3)C(=O)N2C)cc1. The Labute approximate surface area is 237 Å². The molecule has 0 radical (unpaired) electrons. The molecule has 3 aromatic carbocycles. The average molecular weight is 620 g/mol. The summed E-state index contributed by atoms with van der Waals surface area (Å²) in [5.41, 5.74) is 2.72. The van der Waals surface area contributed by atoms with E-state index in [0.717, 1.165) is 15.6 Å². The summed E-state index contributed by atoms with van der Waals surface area (Å²) < 4.78 is 11.6. The van der Waals surface area contributed by atoms with Crippen molar-refractivity contribution in [1.82, 2.24) is 4.90 Å². The van der Waals surface area contributed by atoms with Gasteiger partial charge in [-0.25, -0.2) is 9.79 Å². The second kappa shape index (κ2) is 12.2. The van der Waals surface area contributed by atoms with Crippen molar-refractivity contribution in [1.29, 1.82) is 0 Å². The van der Waals surface area contributed by atoms with E-state index in [1.807, 2.05) is 24.3 Å². The summed E-state index contributed by atoms with van der Waals surface area (Å²) in [6.07, 6.45) is 1.81. The van der Waals surface area contributed by atoms with Gasteiger partial charge in [0.1, 0.15) is 12.4 Å². The Morgan fingerprint density at radius 3 is 2.54 bits per heavy atom. The maximum atomic E-state index is 12.8. The Balaban J connectivity index is 1.46. The molecule has 0 aromatic heterocycles. The molecule has 1 fully saturated rings. The van der Waals surface area contributed by atoms with Gasteiger partial charge in [0.2, 0.25) is 0 Å². The predicted octanol–water partition coefficient (Wildman–Crippen LogP) is 7.75. The van der Waals surface area contributed by atoms with Crippen LogP contribution in [-0.2, 0) is 16.1 Å². The normalized spacial score (nSPS) is 15.5. The number of thioether (sulfide) groups is 1. The predicted molar refractivity (Wildman–Crippen MR) is 153 cm³/mol. The number of esters is 1. The molecule has 6 nitrogen and oxygen atoms in total. The molecule has 0 atom stereocenters. The van der Waals surface area contributed by atoms with E-state index in [-0.39, 0.29) is 18.5 Å². The summed E-state index contributed by atoms with van der Waals surface area (Å²) in [7, 11) is 1.68. The second-order valence-electron chi connectivity index (χ2n) is 7.85. The molecule has 0 spiro atoms. The molecule has 190 valence electrons. The number of halogens is 3. The molecule has 0 bridgehead atoms. The van der Waals surface area contributed by atoms with E-state index >= 15 is 0 Å². The van der Waals surface area contributed by atoms with Crippen LogP contribution < -0.4 is 4.74 Å². The van der Waals surface area contributed by atoms with Crippen molar-refractivity contribution in [3.05, 3.63) is 96.8 Å². The number of carbonyl (C=O) groups is 2. The van der Waals surface area contributed by atoms with Gasteiger partial charge in [0.15, 0.2) is 5.17 Å². The minimum absolute atomic E-state index is 0.152. The van der Waals surface area contributed by atoms with Gasteiger partial charge in [0, 0.05) is 22.7 Å². The highest BCUT2D eigenvalue weighted by Crippen LogP contribution is 2.35. The summed E-state index contributed by atoms with van der Waals surface area (Å²) in [5, 5.41) is 1.65. The number of amides is 1. The van der Waals surface area contributed by atoms with Crippen molar-refractivity contribution < 1.29 is 19.1 Å². The maximum Gasteiger partial charge on any atom is 0.338 e. The highest BCUT2D eigenvalue weighted by Gasteiger charge is 2.30. The number of likely N-dealkylation sites (N-methyl/N-ethyl adjacent to an activating group) is 1. The monoisotopic (exact) mass is 618 g/mol. The molecule has 0 saturated carbocycles. The van der Waals surface area contributed by atoms with E-state index < -0.39 is 0 Å². The first-order valence-corrected chi connectivity index (χ1v) is 13.5. The summed E-state index contributed by atoms with van der Waals surface area (Å²) >= 11 is 17.0. The van der Waals surface area contributed by atoms with Crippen LogP contribution in [0.2, 0.25) is 10.0 Å². The fraction of sp³-hybridized carbons (Fsp3) is 0.148. The molecule has 1 amide bonds. The van der Waals surface area contributed by atoms with E-state index in [1.165, 1.54) is 16.7 Å². The Hall–Kier alpha value is -2.78. The van der Waals surface area contributed by atoms with Crippen LogP contribution in [0.15, 0.2) is 75.0 Å². The first kappa shape index (κ1) is 27.3. The van der Waals surface area contributed by atoms with Crippen LogP contribution in [0.1, 0.15) is 28.4 Å². The topological polar surface area (TPSA) is 68.2 Å². The lowest BCUT2D eigenvalue weighted by Gasteiger charge is -2.10. The quantitative estimate of drug-likeness (QED) is 0.200. The molecule has 1 aliphatic heterocycles. The second-order valence-corrected chi connectivity index (χ2v) is 10.6. The van der Waals surface area contributed by atoms with Gasteiger partial charge in [-0.2, -0.15) is 0 Å². The van der Waals surface area contributed by atoms with Gasteiger partial charge in [-0.3, -0.25) is 9.69 Å². The van der Waals surface area contributed by atoms with Crippen LogP contribution in [0.3, 0.4) is 0 Å². The largest absolute Gasteiger partial charge is 0.488 e. The number of hydrogen-bond acceptors (Lipinski definition) is 6. The first-order chi connectivity index (χ1) is 17.7. The number of amidine groups is 1. The molecule has 4 rings (SSSR count). The Bertz CT molecular complexity index is 1410. The molecular formula is C27H21BrCl2N2O4S. The Morgan fingerprint density at radius 1 is 1.11 bits per heavy atom. The molecule has 1 saturated heterocycles. The third-order valence-corrected chi connectivity index (χ3v) is 7.53. The summed E-state index contributed by atoms with van der Waals surface area (Å²) in [6.45, 7) is 2.36. The fourth-order valence-corrected chi connectivity index (χ4v) is 5.28. The molecule has 0 N–H and O–H groups in total. The third-order valence-electron chi connectivity index (χ3n) is 5.26. The van der Waals surface area contributed by atoms with Crippen molar-refractivity contribution in [2.24, 2.45) is 4.99 Å². The number of carbonyl (C=O) groups excluding carboxylic acids is 2. The molecule has 1 aliphatic rings. The highest BCUT2D eigenvalue weighted by atomic mass is 79.9. The number of aliphatic imine (C=N–C) groups is 1. The van der Waals surface area contributed by atoms with Crippen LogP contribution in [-0.4, -0.2) is 35.6 Å². The van der Waals surface area contributed by atoms with Gasteiger partial charge < -0.3 is 9.47 Å². The smallest absolute Gasteiger partial charge is 0.338 e. The number of hydrogen-bond donors (Lipinski definition) is 0. The van der Waals surface area contributed by atoms with Crippen molar-refractivity contribution in [3.8, 4) is 5.75 Å². The average Bonchev–Trinajstić information content (AvgIpc) is 3.12. The standard InChI is InChI=1S/C27H21BrCl2N2O4S/c1-3-35-26(34)17-6-9-20(10-7-17)31-27-32(2)25(33)24(37-27)13-16-4-11-23(21(28)12-16)36-15-18-5-8-19(29)14-22(18)30/h4-14H,3,15H2,1-2H3. The molecule has 0 unspecified atom stereocenters. The minimum atomic E-state index is -0.384. The molecule has 0 aliphatic carbocycles. The zero-order valence-corrected chi connectivity index (χ0v) is 23.7. The first-order valence-electron chi connectivity index (χ1n) is 11.1. The van der Waals surface area contributed by atoms with E-state index in [0.29, 0.717) is 43.7 Å². The van der Waals surface area contributed by atoms with Crippen LogP contribution in [0.25, 0.3) is 6.08 Å². The lowest BCUT2D eigenvalue weighted by molar-refractivity contribution is -0.121. The lowest BCUT2D eigenvalue weighted by Crippen LogP contribution is -2.23. The highest BCUT2D eigenvalue weighted by molar-refractivity contribution is 9.10. The van der Waals surface area contributed by atoms with Gasteiger partial charge in [0.25, 0.3) is 5.91 Å². The third kappa shape index (κ3) is 6.76. The summed E-state index contributed by atoms with van der Waals surface area (Å²) in [5.74, 6) is 0.107. The zero-order valence-electron chi connectivity index (χ0n) is 19.8. The van der Waals surface area contributed by atoms with Gasteiger partial charge in [-0.15, -0.1) is 0 Å². The summed E-state index contributed by atoms with van der Waals surface area (Å²) in [6, 6.07) is 17.6. The molecule has 1 heterocycles. The van der Waals surface area contributed by atoms with Crippen LogP contribution in [0.4, 0.5) is 5.69 Å². The molecule has 3 aromatic rings. The fourth-order valence-electron chi connectivity index (χ4n) is 3.32. The maximum absolute atomic E-state index is 12.8. The van der Waals surface area contributed by atoms with Crippen LogP contribution in [0.5, 0.6) is 5.75 Å². The van der Waals surface area contributed by atoms with Crippen molar-refractivity contribution >= 4 is 79.7 Å². The van der Waals surface area contributed by atoms with Gasteiger partial charge in [0.05, 0.1) is 27.2 Å². The lowest BCUT2D eigenvalue weighted by atomic mass is 10.2. The van der Waals surface area contributed by atoms with E-state index in [9.17, 15) is 9.59 Å². The number of rotatable bonds is 7. The number of nitrogens with zero attached hydrogens (tertiary/aromatic N) is 2. The number of ether oxygens (including phenoxy) is 2. The molecule has 10 heteroatoms. The van der Waals surface area contributed by atoms with Crippen molar-refractivity contribution in [2.45, 2.75) is 13.5 Å². The zero-order chi connectivity index (χ0) is 26.5. The molecule has 37 heavy (non-hydrogen) atoms. The Kier molecular flexibility index (Phi) is 8.97.